The highest BCUT2D eigenvalue weighted by Crippen LogP contribution is 2.03. The smallest absolute Gasteiger partial charge is 0.221 e. The Morgan fingerprint density at radius 1 is 1.40 bits per heavy atom. The van der Waals surface area contributed by atoms with Crippen LogP contribution in [0.4, 0.5) is 0 Å². The van der Waals surface area contributed by atoms with Crippen molar-refractivity contribution in [1.29, 1.82) is 0 Å². The molecule has 0 aromatic carbocycles. The Morgan fingerprint density at radius 3 is 2.60 bits per heavy atom. The molecule has 88 valence electrons. The number of rotatable bonds is 8. The molecule has 15 heavy (non-hydrogen) atoms. The van der Waals surface area contributed by atoms with E-state index in [4.69, 9.17) is 0 Å². The van der Waals surface area contributed by atoms with Crippen LogP contribution in [0.5, 0.6) is 0 Å². The van der Waals surface area contributed by atoms with Crippen molar-refractivity contribution < 1.29 is 4.79 Å². The van der Waals surface area contributed by atoms with Gasteiger partial charge in [0.05, 0.1) is 0 Å². The third kappa shape index (κ3) is 8.18. The number of hydrogen-bond acceptors (Lipinski definition) is 2. The summed E-state index contributed by atoms with van der Waals surface area (Å²) in [6, 6.07) is 0.702. The van der Waals surface area contributed by atoms with Crippen LogP contribution in [0.15, 0.2) is 12.7 Å². The van der Waals surface area contributed by atoms with Gasteiger partial charge in [-0.3, -0.25) is 4.79 Å². The standard InChI is InChI=1S/C12H24N2O/c1-5-6-7-8-10(2)14-11(3)9-12(15)13-4/h5,10-11,14H,1,6-9H2,2-4H3,(H,13,15). The minimum atomic E-state index is 0.0910. The summed E-state index contributed by atoms with van der Waals surface area (Å²) in [5, 5.41) is 6.04. The molecule has 0 saturated carbocycles. The van der Waals surface area contributed by atoms with Crippen LogP contribution in [0, 0.1) is 0 Å². The van der Waals surface area contributed by atoms with Crippen molar-refractivity contribution >= 4 is 5.91 Å². The molecule has 2 N–H and O–H groups in total. The van der Waals surface area contributed by atoms with Gasteiger partial charge in [0.15, 0.2) is 0 Å². The molecular formula is C12H24N2O. The fourth-order valence-corrected chi connectivity index (χ4v) is 1.58. The van der Waals surface area contributed by atoms with E-state index in [0.29, 0.717) is 12.5 Å². The highest BCUT2D eigenvalue weighted by atomic mass is 16.1. The van der Waals surface area contributed by atoms with E-state index in [1.54, 1.807) is 7.05 Å². The summed E-state index contributed by atoms with van der Waals surface area (Å²) in [6.45, 7) is 7.89. The van der Waals surface area contributed by atoms with E-state index in [1.807, 2.05) is 13.0 Å². The van der Waals surface area contributed by atoms with Gasteiger partial charge in [0, 0.05) is 25.6 Å². The van der Waals surface area contributed by atoms with E-state index >= 15 is 0 Å². The van der Waals surface area contributed by atoms with Gasteiger partial charge in [-0.15, -0.1) is 6.58 Å². The lowest BCUT2D eigenvalue weighted by molar-refractivity contribution is -0.121. The first kappa shape index (κ1) is 14.2. The minimum absolute atomic E-state index is 0.0910. The lowest BCUT2D eigenvalue weighted by Crippen LogP contribution is -2.37. The quantitative estimate of drug-likeness (QED) is 0.476. The van der Waals surface area contributed by atoms with E-state index in [2.05, 4.69) is 24.1 Å². The second-order valence-electron chi connectivity index (χ2n) is 4.07. The number of allylic oxidation sites excluding steroid dienone is 1. The minimum Gasteiger partial charge on any atom is -0.359 e. The fraction of sp³-hybridized carbons (Fsp3) is 0.750. The molecule has 3 nitrogen and oxygen atoms in total. The number of carbonyl (C=O) groups excluding carboxylic acids is 1. The van der Waals surface area contributed by atoms with E-state index in [0.717, 1.165) is 19.3 Å². The first-order valence-electron chi connectivity index (χ1n) is 5.67. The predicted molar refractivity (Wildman–Crippen MR) is 64.8 cm³/mol. The van der Waals surface area contributed by atoms with Crippen molar-refractivity contribution in [3.8, 4) is 0 Å². The van der Waals surface area contributed by atoms with Gasteiger partial charge in [-0.25, -0.2) is 0 Å². The van der Waals surface area contributed by atoms with E-state index < -0.39 is 0 Å². The fourth-order valence-electron chi connectivity index (χ4n) is 1.58. The zero-order valence-corrected chi connectivity index (χ0v) is 10.2. The molecule has 3 heteroatoms. The van der Waals surface area contributed by atoms with Crippen LogP contribution in [0.25, 0.3) is 0 Å². The monoisotopic (exact) mass is 212 g/mol. The largest absolute Gasteiger partial charge is 0.359 e. The number of hydrogen-bond donors (Lipinski definition) is 2. The Labute approximate surface area is 93.3 Å². The maximum atomic E-state index is 11.1. The summed E-state index contributed by atoms with van der Waals surface area (Å²) in [4.78, 5) is 11.1. The van der Waals surface area contributed by atoms with Gasteiger partial charge < -0.3 is 10.6 Å². The van der Waals surface area contributed by atoms with Gasteiger partial charge >= 0.3 is 0 Å². The SMILES string of the molecule is C=CCCCC(C)NC(C)CC(=O)NC. The maximum absolute atomic E-state index is 11.1. The summed E-state index contributed by atoms with van der Waals surface area (Å²) in [7, 11) is 1.67. The Hall–Kier alpha value is -0.830. The molecule has 2 atom stereocenters. The summed E-state index contributed by atoms with van der Waals surface area (Å²) >= 11 is 0. The van der Waals surface area contributed by atoms with Gasteiger partial charge in [0.25, 0.3) is 0 Å². The summed E-state index contributed by atoms with van der Waals surface area (Å²) < 4.78 is 0. The Morgan fingerprint density at radius 2 is 2.07 bits per heavy atom. The van der Waals surface area contributed by atoms with E-state index in [9.17, 15) is 4.79 Å². The molecule has 0 aromatic heterocycles. The topological polar surface area (TPSA) is 41.1 Å². The molecule has 0 rings (SSSR count). The Bertz CT molecular complexity index is 192. The number of carbonyl (C=O) groups is 1. The molecule has 0 spiro atoms. The van der Waals surface area contributed by atoms with Gasteiger partial charge in [0.1, 0.15) is 0 Å². The van der Waals surface area contributed by atoms with Crippen LogP contribution in [0.1, 0.15) is 39.5 Å². The van der Waals surface area contributed by atoms with Crippen LogP contribution in [0.2, 0.25) is 0 Å². The average Bonchev–Trinajstić information content (AvgIpc) is 2.17. The molecule has 1 amide bonds. The first-order valence-corrected chi connectivity index (χ1v) is 5.67. The third-order valence-electron chi connectivity index (χ3n) is 2.38. The van der Waals surface area contributed by atoms with E-state index in [-0.39, 0.29) is 11.9 Å². The molecule has 0 aliphatic heterocycles. The van der Waals surface area contributed by atoms with Gasteiger partial charge in [-0.2, -0.15) is 0 Å². The second-order valence-corrected chi connectivity index (χ2v) is 4.07. The molecular weight excluding hydrogens is 188 g/mol. The van der Waals surface area contributed by atoms with Crippen LogP contribution < -0.4 is 10.6 Å². The van der Waals surface area contributed by atoms with Crippen LogP contribution in [-0.2, 0) is 4.79 Å². The molecule has 0 radical (unpaired) electrons. The molecule has 0 saturated heterocycles. The molecule has 0 heterocycles. The number of nitrogens with one attached hydrogen (secondary N) is 2. The molecule has 2 unspecified atom stereocenters. The van der Waals surface area contributed by atoms with Crippen LogP contribution >= 0.6 is 0 Å². The highest BCUT2D eigenvalue weighted by Gasteiger charge is 2.10. The van der Waals surface area contributed by atoms with Crippen molar-refractivity contribution in [2.24, 2.45) is 0 Å². The Balaban J connectivity index is 3.60. The Kier molecular flexibility index (Phi) is 8.01. The van der Waals surface area contributed by atoms with Crippen molar-refractivity contribution in [3.63, 3.8) is 0 Å². The van der Waals surface area contributed by atoms with Gasteiger partial charge in [-0.05, 0) is 33.1 Å². The zero-order valence-electron chi connectivity index (χ0n) is 10.2. The zero-order chi connectivity index (χ0) is 11.7. The van der Waals surface area contributed by atoms with Gasteiger partial charge in [-0.1, -0.05) is 6.08 Å². The van der Waals surface area contributed by atoms with Crippen molar-refractivity contribution in [1.82, 2.24) is 10.6 Å². The predicted octanol–water partition coefficient (Wildman–Crippen LogP) is 1.85. The summed E-state index contributed by atoms with van der Waals surface area (Å²) in [5.74, 6) is 0.0910. The number of unbranched alkanes of at least 4 members (excludes halogenated alkanes) is 1. The first-order chi connectivity index (χ1) is 7.10. The lowest BCUT2D eigenvalue weighted by Gasteiger charge is -2.19. The third-order valence-corrected chi connectivity index (χ3v) is 2.38. The normalized spacial score (nSPS) is 14.3. The highest BCUT2D eigenvalue weighted by molar-refractivity contribution is 5.76. The molecule has 0 fully saturated rings. The van der Waals surface area contributed by atoms with Gasteiger partial charge in [0.2, 0.25) is 5.91 Å². The molecule has 0 aliphatic carbocycles. The van der Waals surface area contributed by atoms with Crippen molar-refractivity contribution in [2.75, 3.05) is 7.05 Å². The van der Waals surface area contributed by atoms with Crippen molar-refractivity contribution in [2.45, 2.75) is 51.6 Å². The average molecular weight is 212 g/mol. The van der Waals surface area contributed by atoms with E-state index in [1.165, 1.54) is 0 Å². The molecule has 0 bridgehead atoms. The number of amides is 1. The maximum Gasteiger partial charge on any atom is 0.221 e. The molecule has 0 aliphatic rings. The summed E-state index contributed by atoms with van der Waals surface area (Å²) in [5.41, 5.74) is 0. The van der Waals surface area contributed by atoms with Crippen LogP contribution in [-0.4, -0.2) is 25.0 Å². The molecule has 0 aromatic rings. The summed E-state index contributed by atoms with van der Waals surface area (Å²) in [6.07, 6.45) is 5.84. The lowest BCUT2D eigenvalue weighted by atomic mass is 10.1. The van der Waals surface area contributed by atoms with Crippen molar-refractivity contribution in [3.05, 3.63) is 12.7 Å². The second kappa shape index (κ2) is 8.48. The van der Waals surface area contributed by atoms with Crippen LogP contribution in [0.3, 0.4) is 0 Å².